The summed E-state index contributed by atoms with van der Waals surface area (Å²) in [5.74, 6) is -0.345. The van der Waals surface area contributed by atoms with Crippen LogP contribution >= 0.6 is 0 Å². The number of fused-ring (bicyclic) bond motifs is 2. The zero-order valence-corrected chi connectivity index (χ0v) is 16.5. The van der Waals surface area contributed by atoms with Crippen molar-refractivity contribution in [3.8, 4) is 5.75 Å². The van der Waals surface area contributed by atoms with Gasteiger partial charge in [0, 0.05) is 29.7 Å². The summed E-state index contributed by atoms with van der Waals surface area (Å²) in [5.41, 5.74) is 3.16. The first-order chi connectivity index (χ1) is 15.1. The molecule has 0 radical (unpaired) electrons. The highest BCUT2D eigenvalue weighted by Gasteiger charge is 2.18. The van der Waals surface area contributed by atoms with Crippen molar-refractivity contribution in [2.45, 2.75) is 6.54 Å². The molecule has 5 rings (SSSR count). The Balaban J connectivity index is 1.51. The van der Waals surface area contributed by atoms with Crippen LogP contribution in [0.25, 0.3) is 10.9 Å². The van der Waals surface area contributed by atoms with Gasteiger partial charge in [-0.25, -0.2) is 8.78 Å². The lowest BCUT2D eigenvalue weighted by molar-refractivity contribution is 0.101. The van der Waals surface area contributed by atoms with Crippen LogP contribution in [0.3, 0.4) is 0 Å². The Morgan fingerprint density at radius 1 is 1.03 bits per heavy atom. The third-order valence-electron chi connectivity index (χ3n) is 5.24. The van der Waals surface area contributed by atoms with Crippen LogP contribution in [0.1, 0.15) is 16.1 Å². The Kier molecular flexibility index (Phi) is 4.78. The van der Waals surface area contributed by atoms with Crippen LogP contribution in [0.15, 0.2) is 66.7 Å². The SMILES string of the molecule is O=C(Nc1ccc2c(c1)NCCO2)c1cc2cc(F)ccc2n1Cc1cccc(F)c1. The van der Waals surface area contributed by atoms with Crippen molar-refractivity contribution in [2.75, 3.05) is 23.8 Å². The van der Waals surface area contributed by atoms with Crippen LogP contribution in [0.5, 0.6) is 5.75 Å². The van der Waals surface area contributed by atoms with Gasteiger partial charge in [0.2, 0.25) is 0 Å². The van der Waals surface area contributed by atoms with Gasteiger partial charge in [-0.1, -0.05) is 12.1 Å². The van der Waals surface area contributed by atoms with Crippen LogP contribution in [-0.4, -0.2) is 23.6 Å². The number of rotatable bonds is 4. The van der Waals surface area contributed by atoms with Gasteiger partial charge in [0.05, 0.1) is 5.69 Å². The molecule has 31 heavy (non-hydrogen) atoms. The van der Waals surface area contributed by atoms with E-state index in [9.17, 15) is 13.6 Å². The Labute approximate surface area is 177 Å². The summed E-state index contributed by atoms with van der Waals surface area (Å²) in [7, 11) is 0. The van der Waals surface area contributed by atoms with E-state index in [1.807, 2.05) is 6.07 Å². The molecule has 3 aromatic carbocycles. The predicted molar refractivity (Wildman–Crippen MR) is 116 cm³/mol. The lowest BCUT2D eigenvalue weighted by Crippen LogP contribution is -2.20. The largest absolute Gasteiger partial charge is 0.490 e. The average Bonchev–Trinajstić information content (AvgIpc) is 3.11. The van der Waals surface area contributed by atoms with Crippen molar-refractivity contribution in [1.29, 1.82) is 0 Å². The molecular weight excluding hydrogens is 400 g/mol. The number of ether oxygens (including phenoxy) is 1. The van der Waals surface area contributed by atoms with Crippen molar-refractivity contribution in [3.63, 3.8) is 0 Å². The summed E-state index contributed by atoms with van der Waals surface area (Å²) in [6.45, 7) is 1.56. The molecule has 4 aromatic rings. The zero-order valence-electron chi connectivity index (χ0n) is 16.5. The number of anilines is 2. The molecule has 0 spiro atoms. The number of nitrogens with zero attached hydrogens (tertiary/aromatic N) is 1. The monoisotopic (exact) mass is 419 g/mol. The van der Waals surface area contributed by atoms with Gasteiger partial charge in [-0.05, 0) is 60.2 Å². The second-order valence-electron chi connectivity index (χ2n) is 7.39. The number of hydrogen-bond donors (Lipinski definition) is 2. The lowest BCUT2D eigenvalue weighted by Gasteiger charge is -2.20. The number of benzene rings is 3. The number of hydrogen-bond acceptors (Lipinski definition) is 3. The first-order valence-corrected chi connectivity index (χ1v) is 9.92. The van der Waals surface area contributed by atoms with E-state index < -0.39 is 0 Å². The third kappa shape index (κ3) is 3.82. The molecule has 1 aliphatic rings. The number of halogens is 2. The minimum Gasteiger partial charge on any atom is -0.490 e. The normalized spacial score (nSPS) is 12.7. The van der Waals surface area contributed by atoms with Crippen LogP contribution < -0.4 is 15.4 Å². The second-order valence-corrected chi connectivity index (χ2v) is 7.39. The summed E-state index contributed by atoms with van der Waals surface area (Å²) < 4.78 is 34.8. The maximum atomic E-state index is 13.8. The second kappa shape index (κ2) is 7.75. The van der Waals surface area contributed by atoms with Crippen LogP contribution in [0.2, 0.25) is 0 Å². The number of amides is 1. The summed E-state index contributed by atoms with van der Waals surface area (Å²) >= 11 is 0. The molecule has 0 aliphatic carbocycles. The highest BCUT2D eigenvalue weighted by Crippen LogP contribution is 2.30. The third-order valence-corrected chi connectivity index (χ3v) is 5.24. The molecular formula is C24H19F2N3O2. The molecule has 7 heteroatoms. The highest BCUT2D eigenvalue weighted by molar-refractivity contribution is 6.06. The summed E-state index contributed by atoms with van der Waals surface area (Å²) in [6.07, 6.45) is 0. The van der Waals surface area contributed by atoms with E-state index >= 15 is 0 Å². The fraction of sp³-hybridized carbons (Fsp3) is 0.125. The first kappa shape index (κ1) is 19.1. The van der Waals surface area contributed by atoms with Crippen LogP contribution in [0.4, 0.5) is 20.2 Å². The Hall–Kier alpha value is -3.87. The standard InChI is InChI=1S/C24H19F2N3O2/c25-17-3-1-2-15(10-17)14-29-21-6-4-18(26)11-16(21)12-22(29)24(30)28-19-5-7-23-20(13-19)27-8-9-31-23/h1-7,10-13,27H,8-9,14H2,(H,28,30). The summed E-state index contributed by atoms with van der Waals surface area (Å²) in [6, 6.07) is 17.6. The molecule has 2 N–H and O–H groups in total. The van der Waals surface area contributed by atoms with Gasteiger partial charge in [0.15, 0.2) is 0 Å². The van der Waals surface area contributed by atoms with Crippen molar-refractivity contribution in [3.05, 3.63) is 89.6 Å². The maximum Gasteiger partial charge on any atom is 0.272 e. The molecule has 0 atom stereocenters. The zero-order chi connectivity index (χ0) is 21.4. The van der Waals surface area contributed by atoms with Crippen LogP contribution in [-0.2, 0) is 6.54 Å². The molecule has 0 unspecified atom stereocenters. The molecule has 0 fully saturated rings. The maximum absolute atomic E-state index is 13.8. The van der Waals surface area contributed by atoms with Gasteiger partial charge in [0.25, 0.3) is 5.91 Å². The van der Waals surface area contributed by atoms with Gasteiger partial charge in [-0.15, -0.1) is 0 Å². The molecule has 156 valence electrons. The Bertz CT molecular complexity index is 1300. The molecule has 0 bridgehead atoms. The quantitative estimate of drug-likeness (QED) is 0.488. The average molecular weight is 419 g/mol. The van der Waals surface area contributed by atoms with Gasteiger partial charge in [0.1, 0.15) is 29.7 Å². The first-order valence-electron chi connectivity index (χ1n) is 9.92. The van der Waals surface area contributed by atoms with Crippen molar-refractivity contribution in [2.24, 2.45) is 0 Å². The Morgan fingerprint density at radius 2 is 1.90 bits per heavy atom. The molecule has 1 aliphatic heterocycles. The lowest BCUT2D eigenvalue weighted by atomic mass is 10.2. The number of carbonyl (C=O) groups is 1. The van der Waals surface area contributed by atoms with Crippen LogP contribution in [0, 0.1) is 11.6 Å². The summed E-state index contributed by atoms with van der Waals surface area (Å²) in [5, 5.41) is 6.73. The smallest absolute Gasteiger partial charge is 0.272 e. The molecule has 1 amide bonds. The van der Waals surface area contributed by atoms with Crippen molar-refractivity contribution >= 4 is 28.2 Å². The van der Waals surface area contributed by atoms with E-state index in [0.29, 0.717) is 41.0 Å². The fourth-order valence-electron chi connectivity index (χ4n) is 3.83. The fourth-order valence-corrected chi connectivity index (χ4v) is 3.83. The van der Waals surface area contributed by atoms with E-state index in [1.54, 1.807) is 41.0 Å². The van der Waals surface area contributed by atoms with Gasteiger partial charge in [-0.3, -0.25) is 4.79 Å². The van der Waals surface area contributed by atoms with E-state index in [-0.39, 0.29) is 24.1 Å². The minimum absolute atomic E-state index is 0.273. The van der Waals surface area contributed by atoms with Gasteiger partial charge < -0.3 is 19.9 Å². The predicted octanol–water partition coefficient (Wildman–Crippen LogP) is 5.02. The van der Waals surface area contributed by atoms with Gasteiger partial charge in [-0.2, -0.15) is 0 Å². The minimum atomic E-state index is -0.386. The number of nitrogens with one attached hydrogen (secondary N) is 2. The molecule has 0 saturated carbocycles. The summed E-state index contributed by atoms with van der Waals surface area (Å²) in [4.78, 5) is 13.2. The number of aromatic nitrogens is 1. The van der Waals surface area contributed by atoms with E-state index in [0.717, 1.165) is 11.4 Å². The molecule has 0 saturated heterocycles. The van der Waals surface area contributed by atoms with E-state index in [1.165, 1.54) is 24.3 Å². The molecule has 2 heterocycles. The van der Waals surface area contributed by atoms with Crippen molar-refractivity contribution in [1.82, 2.24) is 4.57 Å². The topological polar surface area (TPSA) is 55.3 Å². The molecule has 1 aromatic heterocycles. The van der Waals surface area contributed by atoms with E-state index in [2.05, 4.69) is 10.6 Å². The van der Waals surface area contributed by atoms with Gasteiger partial charge >= 0.3 is 0 Å². The van der Waals surface area contributed by atoms with Crippen molar-refractivity contribution < 1.29 is 18.3 Å². The Morgan fingerprint density at radius 3 is 2.77 bits per heavy atom. The molecule has 5 nitrogen and oxygen atoms in total. The number of carbonyl (C=O) groups excluding carboxylic acids is 1. The van der Waals surface area contributed by atoms with E-state index in [4.69, 9.17) is 4.74 Å². The highest BCUT2D eigenvalue weighted by atomic mass is 19.1.